The number of amides is 1. The van der Waals surface area contributed by atoms with E-state index in [1.807, 2.05) is 49.1 Å². The lowest BCUT2D eigenvalue weighted by Gasteiger charge is -2.39. The fourth-order valence-electron chi connectivity index (χ4n) is 4.28. The average molecular weight is 346 g/mol. The lowest BCUT2D eigenvalue weighted by atomic mass is 9.77. The van der Waals surface area contributed by atoms with Crippen molar-refractivity contribution in [2.75, 3.05) is 4.90 Å². The number of aryl methyl sites for hydroxylation is 2. The van der Waals surface area contributed by atoms with Gasteiger partial charge in [0.1, 0.15) is 0 Å². The Morgan fingerprint density at radius 1 is 1.04 bits per heavy atom. The summed E-state index contributed by atoms with van der Waals surface area (Å²) in [5.41, 5.74) is 5.70. The minimum absolute atomic E-state index is 0.0599. The van der Waals surface area contributed by atoms with Crippen LogP contribution >= 0.6 is 0 Å². The van der Waals surface area contributed by atoms with Gasteiger partial charge in [-0.1, -0.05) is 24.3 Å². The van der Waals surface area contributed by atoms with Gasteiger partial charge >= 0.3 is 0 Å². The van der Waals surface area contributed by atoms with Crippen molar-refractivity contribution in [3.63, 3.8) is 0 Å². The summed E-state index contributed by atoms with van der Waals surface area (Å²) in [7, 11) is 0. The predicted molar refractivity (Wildman–Crippen MR) is 101 cm³/mol. The molecule has 1 aliphatic carbocycles. The van der Waals surface area contributed by atoms with E-state index >= 15 is 0 Å². The molecule has 4 nitrogen and oxygen atoms in total. The number of carbonyl (C=O) groups is 2. The zero-order valence-corrected chi connectivity index (χ0v) is 15.2. The molecule has 1 aliphatic heterocycles. The number of carbonyl (C=O) groups excluding carboxylic acids is 2. The zero-order valence-electron chi connectivity index (χ0n) is 15.2. The molecule has 2 aromatic rings. The highest BCUT2D eigenvalue weighted by molar-refractivity contribution is 6.08. The molecule has 26 heavy (non-hydrogen) atoms. The number of nitrogens with zero attached hydrogens (tertiary/aromatic N) is 2. The first-order valence-electron chi connectivity index (χ1n) is 9.13. The van der Waals surface area contributed by atoms with Crippen LogP contribution in [0.15, 0.2) is 54.0 Å². The Kier molecular flexibility index (Phi) is 4.19. The number of aromatic nitrogens is 1. The summed E-state index contributed by atoms with van der Waals surface area (Å²) in [6.07, 6.45) is 5.92. The van der Waals surface area contributed by atoms with E-state index < -0.39 is 0 Å². The van der Waals surface area contributed by atoms with Gasteiger partial charge in [0, 0.05) is 42.4 Å². The van der Waals surface area contributed by atoms with Crippen molar-refractivity contribution in [2.24, 2.45) is 0 Å². The maximum Gasteiger partial charge on any atom is 0.232 e. The summed E-state index contributed by atoms with van der Waals surface area (Å²) in [4.78, 5) is 32.1. The van der Waals surface area contributed by atoms with Gasteiger partial charge in [0.2, 0.25) is 5.91 Å². The van der Waals surface area contributed by atoms with Crippen molar-refractivity contribution >= 4 is 17.4 Å². The van der Waals surface area contributed by atoms with E-state index in [9.17, 15) is 9.59 Å². The van der Waals surface area contributed by atoms with Crippen LogP contribution in [0.3, 0.4) is 0 Å². The number of ketones is 1. The summed E-state index contributed by atoms with van der Waals surface area (Å²) >= 11 is 0. The molecular formula is C22H22N2O2. The van der Waals surface area contributed by atoms with E-state index in [1.54, 1.807) is 12.4 Å². The molecule has 1 aromatic carbocycles. The maximum atomic E-state index is 13.2. The molecular weight excluding hydrogens is 324 g/mol. The second kappa shape index (κ2) is 6.52. The molecule has 0 radical (unpaired) electrons. The number of hydrogen-bond acceptors (Lipinski definition) is 3. The van der Waals surface area contributed by atoms with Gasteiger partial charge in [-0.3, -0.25) is 19.5 Å². The minimum atomic E-state index is -0.181. The number of hydrogen-bond donors (Lipinski definition) is 0. The van der Waals surface area contributed by atoms with E-state index in [4.69, 9.17) is 0 Å². The van der Waals surface area contributed by atoms with E-state index in [1.165, 1.54) is 0 Å². The topological polar surface area (TPSA) is 50.3 Å². The van der Waals surface area contributed by atoms with Crippen molar-refractivity contribution in [1.29, 1.82) is 0 Å². The third-order valence-electron chi connectivity index (χ3n) is 5.43. The third-order valence-corrected chi connectivity index (χ3v) is 5.43. The second-order valence-electron chi connectivity index (χ2n) is 7.15. The molecule has 1 amide bonds. The number of rotatable bonds is 2. The Bertz CT molecular complexity index is 895. The minimum Gasteiger partial charge on any atom is -0.294 e. The summed E-state index contributed by atoms with van der Waals surface area (Å²) < 4.78 is 0. The second-order valence-corrected chi connectivity index (χ2v) is 7.15. The molecule has 4 rings (SSSR count). The molecule has 2 aliphatic rings. The van der Waals surface area contributed by atoms with Crippen LogP contribution in [0.4, 0.5) is 5.69 Å². The fraction of sp³-hybridized carbons (Fsp3) is 0.318. The van der Waals surface area contributed by atoms with Crippen LogP contribution in [-0.4, -0.2) is 16.7 Å². The molecule has 132 valence electrons. The van der Waals surface area contributed by atoms with Crippen molar-refractivity contribution in [3.8, 4) is 0 Å². The van der Waals surface area contributed by atoms with E-state index in [2.05, 4.69) is 4.98 Å². The van der Waals surface area contributed by atoms with Crippen molar-refractivity contribution in [2.45, 2.75) is 45.4 Å². The molecule has 0 saturated heterocycles. The number of para-hydroxylation sites is 1. The van der Waals surface area contributed by atoms with Crippen LogP contribution in [0.25, 0.3) is 0 Å². The Labute approximate surface area is 153 Å². The lowest BCUT2D eigenvalue weighted by molar-refractivity contribution is -0.119. The van der Waals surface area contributed by atoms with Gasteiger partial charge < -0.3 is 0 Å². The van der Waals surface area contributed by atoms with Gasteiger partial charge in [0.15, 0.2) is 5.78 Å². The molecule has 2 heterocycles. The number of benzene rings is 1. The van der Waals surface area contributed by atoms with Crippen LogP contribution in [0.1, 0.15) is 48.3 Å². The van der Waals surface area contributed by atoms with Gasteiger partial charge in [-0.25, -0.2) is 0 Å². The fourth-order valence-corrected chi connectivity index (χ4v) is 4.28. The quantitative estimate of drug-likeness (QED) is 0.818. The molecule has 1 aromatic heterocycles. The molecule has 0 N–H and O–H groups in total. The molecule has 1 atom stereocenters. The first-order chi connectivity index (χ1) is 12.6. The van der Waals surface area contributed by atoms with Crippen molar-refractivity contribution in [3.05, 3.63) is 70.7 Å². The van der Waals surface area contributed by atoms with Crippen molar-refractivity contribution < 1.29 is 9.59 Å². The SMILES string of the molecule is Cc1cccc(C)c1N1C(=O)CC(c2cccnc2)C2=C1CCCC2=O. The van der Waals surface area contributed by atoms with E-state index in [0.29, 0.717) is 12.8 Å². The number of allylic oxidation sites excluding steroid dienone is 2. The third kappa shape index (κ3) is 2.66. The predicted octanol–water partition coefficient (Wildman–Crippen LogP) is 4.23. The molecule has 0 saturated carbocycles. The highest BCUT2D eigenvalue weighted by Gasteiger charge is 2.40. The van der Waals surface area contributed by atoms with Crippen LogP contribution in [0.5, 0.6) is 0 Å². The molecule has 0 fully saturated rings. The normalized spacial score (nSPS) is 20.4. The largest absolute Gasteiger partial charge is 0.294 e. The maximum absolute atomic E-state index is 13.2. The number of pyridine rings is 1. The zero-order chi connectivity index (χ0) is 18.3. The van der Waals surface area contributed by atoms with Gasteiger partial charge in [0.25, 0.3) is 0 Å². The Hall–Kier alpha value is -2.75. The summed E-state index contributed by atoms with van der Waals surface area (Å²) in [5.74, 6) is 0.0492. The van der Waals surface area contributed by atoms with Gasteiger partial charge in [0.05, 0.1) is 5.69 Å². The standard InChI is InChI=1S/C22H22N2O2/c1-14-6-3-7-15(2)22(14)24-18-9-4-10-19(25)21(18)17(12-20(24)26)16-8-5-11-23-13-16/h3,5-8,11,13,17H,4,9-10,12H2,1-2H3. The Morgan fingerprint density at radius 3 is 2.50 bits per heavy atom. The van der Waals surface area contributed by atoms with E-state index in [-0.39, 0.29) is 17.6 Å². The summed E-state index contributed by atoms with van der Waals surface area (Å²) in [6.45, 7) is 4.04. The highest BCUT2D eigenvalue weighted by Crippen LogP contribution is 2.44. The Balaban J connectivity index is 1.92. The average Bonchev–Trinajstić information content (AvgIpc) is 2.63. The van der Waals surface area contributed by atoms with Crippen LogP contribution in [-0.2, 0) is 9.59 Å². The lowest BCUT2D eigenvalue weighted by Crippen LogP contribution is -2.41. The molecule has 0 bridgehead atoms. The van der Waals surface area contributed by atoms with Crippen LogP contribution in [0, 0.1) is 13.8 Å². The smallest absolute Gasteiger partial charge is 0.232 e. The summed E-state index contributed by atoms with van der Waals surface area (Å²) in [5, 5.41) is 0. The van der Waals surface area contributed by atoms with Crippen LogP contribution < -0.4 is 4.90 Å². The van der Waals surface area contributed by atoms with Gasteiger partial charge in [-0.05, 0) is 49.4 Å². The number of Topliss-reactive ketones (excluding diaryl/α,β-unsaturated/α-hetero) is 1. The molecule has 0 spiro atoms. The van der Waals surface area contributed by atoms with E-state index in [0.717, 1.165) is 46.5 Å². The molecule has 4 heteroatoms. The first-order valence-corrected chi connectivity index (χ1v) is 9.13. The Morgan fingerprint density at radius 2 is 1.81 bits per heavy atom. The van der Waals surface area contributed by atoms with Gasteiger partial charge in [-0.2, -0.15) is 0 Å². The monoisotopic (exact) mass is 346 g/mol. The van der Waals surface area contributed by atoms with Gasteiger partial charge in [-0.15, -0.1) is 0 Å². The highest BCUT2D eigenvalue weighted by atomic mass is 16.2. The summed E-state index contributed by atoms with van der Waals surface area (Å²) in [6, 6.07) is 9.88. The van der Waals surface area contributed by atoms with Crippen molar-refractivity contribution in [1.82, 2.24) is 4.98 Å². The number of anilines is 1. The van der Waals surface area contributed by atoms with Crippen LogP contribution in [0.2, 0.25) is 0 Å². The first kappa shape index (κ1) is 16.7. The molecule has 1 unspecified atom stereocenters.